The molecule has 0 atom stereocenters. The molecule has 0 radical (unpaired) electrons. The summed E-state index contributed by atoms with van der Waals surface area (Å²) in [5, 5.41) is 0. The zero-order valence-corrected chi connectivity index (χ0v) is 28.6. The summed E-state index contributed by atoms with van der Waals surface area (Å²) in [4.78, 5) is 0. The van der Waals surface area contributed by atoms with Crippen LogP contribution in [-0.2, 0) is 10.8 Å². The van der Waals surface area contributed by atoms with Crippen LogP contribution in [0, 0.1) is 0 Å². The van der Waals surface area contributed by atoms with Crippen molar-refractivity contribution in [1.29, 1.82) is 0 Å². The molecule has 0 aliphatic rings. The number of rotatable bonds is 10. The van der Waals surface area contributed by atoms with E-state index in [0.717, 1.165) is 34.1 Å². The number of methoxy groups -OCH3 is 4. The third-order valence-corrected chi connectivity index (χ3v) is 9.30. The van der Waals surface area contributed by atoms with Crippen LogP contribution in [-0.4, -0.2) is 28.4 Å². The van der Waals surface area contributed by atoms with Gasteiger partial charge in [0.25, 0.3) is 0 Å². The molecular formula is C44H44O4. The first-order valence-corrected chi connectivity index (χ1v) is 16.1. The van der Waals surface area contributed by atoms with Gasteiger partial charge in [-0.25, -0.2) is 0 Å². The lowest BCUT2D eigenvalue weighted by Crippen LogP contribution is -2.26. The zero-order valence-electron chi connectivity index (χ0n) is 28.6. The SMILES string of the molecule is COc1ccc(OC)c(C(C)(c2ccccc2)c2ccccc2)c1.COc1ccc(OC)c(C(C)(c2ccccc2)c2ccccc2)c1. The molecule has 4 nitrogen and oxygen atoms in total. The van der Waals surface area contributed by atoms with Crippen LogP contribution >= 0.6 is 0 Å². The third kappa shape index (κ3) is 6.79. The van der Waals surface area contributed by atoms with Crippen molar-refractivity contribution in [2.45, 2.75) is 24.7 Å². The summed E-state index contributed by atoms with van der Waals surface area (Å²) in [6.07, 6.45) is 0. The van der Waals surface area contributed by atoms with E-state index in [0.29, 0.717) is 0 Å². The predicted molar refractivity (Wildman–Crippen MR) is 196 cm³/mol. The van der Waals surface area contributed by atoms with Gasteiger partial charge in [-0.2, -0.15) is 0 Å². The Morgan fingerprint density at radius 2 is 0.604 bits per heavy atom. The second-order valence-electron chi connectivity index (χ2n) is 11.8. The molecule has 0 heterocycles. The van der Waals surface area contributed by atoms with E-state index in [1.165, 1.54) is 22.3 Å². The van der Waals surface area contributed by atoms with Gasteiger partial charge in [0.15, 0.2) is 0 Å². The van der Waals surface area contributed by atoms with E-state index in [1.54, 1.807) is 28.4 Å². The highest BCUT2D eigenvalue weighted by Crippen LogP contribution is 2.45. The summed E-state index contributed by atoms with van der Waals surface area (Å²) in [6, 6.07) is 53.9. The quantitative estimate of drug-likeness (QED) is 0.140. The molecule has 244 valence electrons. The van der Waals surface area contributed by atoms with E-state index in [2.05, 4.69) is 123 Å². The molecule has 6 aromatic carbocycles. The Kier molecular flexibility index (Phi) is 10.9. The molecule has 48 heavy (non-hydrogen) atoms. The lowest BCUT2D eigenvalue weighted by molar-refractivity contribution is 0.393. The Morgan fingerprint density at radius 3 is 0.833 bits per heavy atom. The Bertz CT molecular complexity index is 1650. The van der Waals surface area contributed by atoms with Crippen molar-refractivity contribution in [3.63, 3.8) is 0 Å². The lowest BCUT2D eigenvalue weighted by Gasteiger charge is -2.33. The van der Waals surface area contributed by atoms with Crippen molar-refractivity contribution in [2.75, 3.05) is 28.4 Å². The summed E-state index contributed by atoms with van der Waals surface area (Å²) in [5.41, 5.74) is 6.32. The van der Waals surface area contributed by atoms with Crippen LogP contribution in [0.15, 0.2) is 158 Å². The minimum Gasteiger partial charge on any atom is -0.497 e. The highest BCUT2D eigenvalue weighted by molar-refractivity contribution is 5.58. The van der Waals surface area contributed by atoms with Gasteiger partial charge < -0.3 is 18.9 Å². The van der Waals surface area contributed by atoms with Gasteiger partial charge in [-0.1, -0.05) is 121 Å². The molecular weight excluding hydrogens is 592 g/mol. The third-order valence-electron chi connectivity index (χ3n) is 9.30. The second-order valence-corrected chi connectivity index (χ2v) is 11.8. The monoisotopic (exact) mass is 636 g/mol. The normalized spacial score (nSPS) is 11.1. The summed E-state index contributed by atoms with van der Waals surface area (Å²) in [5.74, 6) is 3.35. The van der Waals surface area contributed by atoms with Gasteiger partial charge in [-0.05, 0) is 72.5 Å². The number of hydrogen-bond acceptors (Lipinski definition) is 4. The average Bonchev–Trinajstić information content (AvgIpc) is 3.18. The number of benzene rings is 6. The van der Waals surface area contributed by atoms with Gasteiger partial charge in [0.1, 0.15) is 23.0 Å². The van der Waals surface area contributed by atoms with Crippen LogP contribution < -0.4 is 18.9 Å². The van der Waals surface area contributed by atoms with Crippen molar-refractivity contribution in [3.05, 3.63) is 191 Å². The fourth-order valence-electron chi connectivity index (χ4n) is 6.45. The average molecular weight is 637 g/mol. The smallest absolute Gasteiger partial charge is 0.123 e. The largest absolute Gasteiger partial charge is 0.497 e. The van der Waals surface area contributed by atoms with Crippen molar-refractivity contribution in [1.82, 2.24) is 0 Å². The highest BCUT2D eigenvalue weighted by atomic mass is 16.5. The van der Waals surface area contributed by atoms with Crippen LogP contribution in [0.2, 0.25) is 0 Å². The van der Waals surface area contributed by atoms with E-state index in [4.69, 9.17) is 18.9 Å². The molecule has 0 saturated carbocycles. The van der Waals surface area contributed by atoms with Gasteiger partial charge in [-0.15, -0.1) is 0 Å². The Hall–Kier alpha value is -5.48. The number of ether oxygens (including phenoxy) is 4. The highest BCUT2D eigenvalue weighted by Gasteiger charge is 2.35. The molecule has 0 amide bonds. The van der Waals surface area contributed by atoms with E-state index in [-0.39, 0.29) is 10.8 Å². The fraction of sp³-hybridized carbons (Fsp3) is 0.182. The van der Waals surface area contributed by atoms with E-state index >= 15 is 0 Å². The van der Waals surface area contributed by atoms with E-state index < -0.39 is 0 Å². The molecule has 6 rings (SSSR count). The molecule has 0 bridgehead atoms. The van der Waals surface area contributed by atoms with E-state index in [9.17, 15) is 0 Å². The zero-order chi connectivity index (χ0) is 34.0. The van der Waals surface area contributed by atoms with Gasteiger partial charge in [0.2, 0.25) is 0 Å². The standard InChI is InChI=1S/2C22H22O2/c2*1-22(17-10-6-4-7-11-17,18-12-8-5-9-13-18)20-16-19(23-2)14-15-21(20)24-3/h2*4-16H,1-3H3. The first-order valence-electron chi connectivity index (χ1n) is 16.1. The van der Waals surface area contributed by atoms with E-state index in [1.807, 2.05) is 48.5 Å². The van der Waals surface area contributed by atoms with Crippen LogP contribution in [0.25, 0.3) is 0 Å². The molecule has 0 unspecified atom stereocenters. The Balaban J connectivity index is 0.000000188. The maximum Gasteiger partial charge on any atom is 0.123 e. The molecule has 0 aliphatic carbocycles. The Morgan fingerprint density at radius 1 is 0.333 bits per heavy atom. The van der Waals surface area contributed by atoms with Gasteiger partial charge in [0.05, 0.1) is 28.4 Å². The van der Waals surface area contributed by atoms with Crippen LogP contribution in [0.1, 0.15) is 47.2 Å². The molecule has 0 saturated heterocycles. The summed E-state index contributed by atoms with van der Waals surface area (Å²) in [6.45, 7) is 4.46. The van der Waals surface area contributed by atoms with Gasteiger partial charge in [-0.3, -0.25) is 0 Å². The molecule has 0 spiro atoms. The first-order chi connectivity index (χ1) is 23.4. The summed E-state index contributed by atoms with van der Waals surface area (Å²) >= 11 is 0. The van der Waals surface area contributed by atoms with Gasteiger partial charge in [0, 0.05) is 22.0 Å². The molecule has 0 aliphatic heterocycles. The summed E-state index contributed by atoms with van der Waals surface area (Å²) < 4.78 is 22.3. The molecule has 0 aromatic heterocycles. The fourth-order valence-corrected chi connectivity index (χ4v) is 6.45. The van der Waals surface area contributed by atoms with Crippen molar-refractivity contribution >= 4 is 0 Å². The topological polar surface area (TPSA) is 36.9 Å². The van der Waals surface area contributed by atoms with Crippen molar-refractivity contribution in [3.8, 4) is 23.0 Å². The maximum absolute atomic E-state index is 5.68. The lowest BCUT2D eigenvalue weighted by atomic mass is 9.70. The minimum atomic E-state index is -0.345. The summed E-state index contributed by atoms with van der Waals surface area (Å²) in [7, 11) is 6.80. The van der Waals surface area contributed by atoms with Crippen molar-refractivity contribution in [2.24, 2.45) is 0 Å². The molecule has 4 heteroatoms. The van der Waals surface area contributed by atoms with Crippen LogP contribution in [0.3, 0.4) is 0 Å². The second kappa shape index (κ2) is 15.4. The first kappa shape index (κ1) is 33.9. The molecule has 6 aromatic rings. The predicted octanol–water partition coefficient (Wildman–Crippen LogP) is 10.1. The maximum atomic E-state index is 5.68. The molecule has 0 N–H and O–H groups in total. The minimum absolute atomic E-state index is 0.345. The Labute approximate surface area is 285 Å². The van der Waals surface area contributed by atoms with Gasteiger partial charge >= 0.3 is 0 Å². The van der Waals surface area contributed by atoms with Crippen LogP contribution in [0.4, 0.5) is 0 Å². The number of hydrogen-bond donors (Lipinski definition) is 0. The van der Waals surface area contributed by atoms with Crippen LogP contribution in [0.5, 0.6) is 23.0 Å². The molecule has 0 fully saturated rings. The van der Waals surface area contributed by atoms with Crippen molar-refractivity contribution < 1.29 is 18.9 Å².